The second-order valence-corrected chi connectivity index (χ2v) is 4.54. The van der Waals surface area contributed by atoms with Gasteiger partial charge in [0.2, 0.25) is 5.91 Å². The van der Waals surface area contributed by atoms with Crippen molar-refractivity contribution in [2.75, 3.05) is 39.3 Å². The van der Waals surface area contributed by atoms with Crippen LogP contribution >= 0.6 is 0 Å². The topological polar surface area (TPSA) is 35.6 Å². The van der Waals surface area contributed by atoms with E-state index in [1.165, 1.54) is 19.4 Å². The number of piperazine rings is 1. The third-order valence-corrected chi connectivity index (χ3v) is 3.55. The molecule has 4 heteroatoms. The normalized spacial score (nSPS) is 29.1. The number of hydrogen-bond acceptors (Lipinski definition) is 3. The fraction of sp³-hybridized carbons (Fsp3) is 0.909. The summed E-state index contributed by atoms with van der Waals surface area (Å²) in [7, 11) is 0. The number of rotatable bonds is 1. The molecule has 0 saturated carbocycles. The van der Waals surface area contributed by atoms with Gasteiger partial charge in [-0.15, -0.1) is 0 Å². The molecule has 0 aromatic rings. The predicted octanol–water partition coefficient (Wildman–Crippen LogP) is -0.0975. The molecular weight excluding hydrogens is 190 g/mol. The van der Waals surface area contributed by atoms with Crippen molar-refractivity contribution in [3.8, 4) is 0 Å². The van der Waals surface area contributed by atoms with E-state index in [0.29, 0.717) is 6.04 Å². The maximum Gasteiger partial charge on any atom is 0.219 e. The van der Waals surface area contributed by atoms with Gasteiger partial charge >= 0.3 is 0 Å². The summed E-state index contributed by atoms with van der Waals surface area (Å²) in [6.07, 6.45) is 2.60. The zero-order valence-electron chi connectivity index (χ0n) is 9.54. The molecule has 2 heterocycles. The van der Waals surface area contributed by atoms with Crippen LogP contribution in [0.25, 0.3) is 0 Å². The van der Waals surface area contributed by atoms with Crippen LogP contribution in [0.2, 0.25) is 0 Å². The van der Waals surface area contributed by atoms with E-state index in [-0.39, 0.29) is 5.91 Å². The molecule has 1 unspecified atom stereocenters. The van der Waals surface area contributed by atoms with Crippen molar-refractivity contribution in [2.24, 2.45) is 0 Å². The van der Waals surface area contributed by atoms with Crippen LogP contribution in [-0.4, -0.2) is 61.0 Å². The maximum atomic E-state index is 11.2. The molecule has 4 nitrogen and oxygen atoms in total. The molecule has 86 valence electrons. The second kappa shape index (κ2) is 4.94. The van der Waals surface area contributed by atoms with Crippen molar-refractivity contribution in [1.82, 2.24) is 15.1 Å². The van der Waals surface area contributed by atoms with Crippen LogP contribution in [0, 0.1) is 0 Å². The molecular formula is C11H21N3O. The van der Waals surface area contributed by atoms with Crippen molar-refractivity contribution in [1.29, 1.82) is 0 Å². The third-order valence-electron chi connectivity index (χ3n) is 3.55. The first-order valence-corrected chi connectivity index (χ1v) is 5.97. The van der Waals surface area contributed by atoms with E-state index in [0.717, 1.165) is 32.7 Å². The Morgan fingerprint density at radius 3 is 2.53 bits per heavy atom. The molecule has 1 N–H and O–H groups in total. The van der Waals surface area contributed by atoms with Gasteiger partial charge in [-0.1, -0.05) is 0 Å². The second-order valence-electron chi connectivity index (χ2n) is 4.54. The van der Waals surface area contributed by atoms with Gasteiger partial charge in [0, 0.05) is 45.7 Å². The molecule has 2 rings (SSSR count). The van der Waals surface area contributed by atoms with Gasteiger partial charge in [-0.25, -0.2) is 0 Å². The first-order chi connectivity index (χ1) is 7.27. The third kappa shape index (κ3) is 2.69. The molecule has 0 bridgehead atoms. The number of hydrogen-bond donors (Lipinski definition) is 1. The monoisotopic (exact) mass is 211 g/mol. The Kier molecular flexibility index (Phi) is 3.59. The summed E-state index contributed by atoms with van der Waals surface area (Å²) in [6, 6.07) is 0.702. The fourth-order valence-corrected chi connectivity index (χ4v) is 2.55. The Labute approximate surface area is 91.6 Å². The lowest BCUT2D eigenvalue weighted by molar-refractivity contribution is -0.130. The Morgan fingerprint density at radius 2 is 2.00 bits per heavy atom. The molecule has 2 aliphatic rings. The van der Waals surface area contributed by atoms with Gasteiger partial charge in [-0.2, -0.15) is 0 Å². The SMILES string of the molecule is CC(=O)N1CCN(C2CCCNC2)CC1. The van der Waals surface area contributed by atoms with Gasteiger partial charge in [0.15, 0.2) is 0 Å². The van der Waals surface area contributed by atoms with Gasteiger partial charge in [0.1, 0.15) is 0 Å². The van der Waals surface area contributed by atoms with Crippen LogP contribution in [0.5, 0.6) is 0 Å². The lowest BCUT2D eigenvalue weighted by Gasteiger charge is -2.40. The van der Waals surface area contributed by atoms with E-state index in [1.54, 1.807) is 6.92 Å². The number of nitrogens with zero attached hydrogens (tertiary/aromatic N) is 2. The zero-order chi connectivity index (χ0) is 10.7. The summed E-state index contributed by atoms with van der Waals surface area (Å²) in [5, 5.41) is 3.44. The highest BCUT2D eigenvalue weighted by Gasteiger charge is 2.25. The van der Waals surface area contributed by atoms with Crippen LogP contribution in [0.15, 0.2) is 0 Å². The summed E-state index contributed by atoms with van der Waals surface area (Å²) >= 11 is 0. The minimum atomic E-state index is 0.219. The molecule has 2 fully saturated rings. The van der Waals surface area contributed by atoms with Crippen LogP contribution in [0.3, 0.4) is 0 Å². The molecule has 0 aromatic carbocycles. The van der Waals surface area contributed by atoms with Gasteiger partial charge in [0.25, 0.3) is 0 Å². The lowest BCUT2D eigenvalue weighted by atomic mass is 10.1. The number of nitrogens with one attached hydrogen (secondary N) is 1. The summed E-state index contributed by atoms with van der Waals surface area (Å²) in [5.41, 5.74) is 0. The summed E-state index contributed by atoms with van der Waals surface area (Å²) < 4.78 is 0. The van der Waals surface area contributed by atoms with Crippen LogP contribution in [0.4, 0.5) is 0 Å². The molecule has 0 aromatic heterocycles. The summed E-state index contributed by atoms with van der Waals surface area (Å²) in [5.74, 6) is 0.219. The van der Waals surface area contributed by atoms with E-state index in [9.17, 15) is 4.79 Å². The Morgan fingerprint density at radius 1 is 1.27 bits per heavy atom. The molecule has 1 atom stereocenters. The fourth-order valence-electron chi connectivity index (χ4n) is 2.55. The number of amides is 1. The highest BCUT2D eigenvalue weighted by atomic mass is 16.2. The van der Waals surface area contributed by atoms with E-state index in [1.807, 2.05) is 4.90 Å². The minimum absolute atomic E-state index is 0.219. The first-order valence-electron chi connectivity index (χ1n) is 5.97. The van der Waals surface area contributed by atoms with Gasteiger partial charge in [0.05, 0.1) is 0 Å². The van der Waals surface area contributed by atoms with Crippen molar-refractivity contribution in [2.45, 2.75) is 25.8 Å². The first kappa shape index (κ1) is 10.9. The molecule has 0 spiro atoms. The predicted molar refractivity (Wildman–Crippen MR) is 59.7 cm³/mol. The van der Waals surface area contributed by atoms with Crippen LogP contribution in [-0.2, 0) is 4.79 Å². The molecule has 15 heavy (non-hydrogen) atoms. The number of carbonyl (C=O) groups excluding carboxylic acids is 1. The quantitative estimate of drug-likeness (QED) is 0.658. The van der Waals surface area contributed by atoms with Crippen LogP contribution < -0.4 is 5.32 Å². The Hall–Kier alpha value is -0.610. The van der Waals surface area contributed by atoms with Crippen molar-refractivity contribution < 1.29 is 4.79 Å². The Bertz CT molecular complexity index is 218. The van der Waals surface area contributed by atoms with E-state index in [4.69, 9.17) is 0 Å². The van der Waals surface area contributed by atoms with Crippen molar-refractivity contribution in [3.63, 3.8) is 0 Å². The van der Waals surface area contributed by atoms with E-state index in [2.05, 4.69) is 10.2 Å². The molecule has 1 amide bonds. The van der Waals surface area contributed by atoms with Crippen molar-refractivity contribution in [3.05, 3.63) is 0 Å². The van der Waals surface area contributed by atoms with Gasteiger partial charge in [-0.3, -0.25) is 9.69 Å². The average Bonchev–Trinajstić information content (AvgIpc) is 2.30. The Balaban J connectivity index is 1.79. The van der Waals surface area contributed by atoms with E-state index < -0.39 is 0 Å². The average molecular weight is 211 g/mol. The zero-order valence-corrected chi connectivity index (χ0v) is 9.54. The standard InChI is InChI=1S/C11H21N3O/c1-10(15)13-5-7-14(8-6-13)11-3-2-4-12-9-11/h11-12H,2-9H2,1H3. The summed E-state index contributed by atoms with van der Waals surface area (Å²) in [6.45, 7) is 7.87. The molecule has 0 aliphatic carbocycles. The molecule has 2 aliphatic heterocycles. The lowest BCUT2D eigenvalue weighted by Crippen LogP contribution is -2.55. The minimum Gasteiger partial charge on any atom is -0.340 e. The van der Waals surface area contributed by atoms with Crippen LogP contribution in [0.1, 0.15) is 19.8 Å². The van der Waals surface area contributed by atoms with Gasteiger partial charge in [-0.05, 0) is 19.4 Å². The summed E-state index contributed by atoms with van der Waals surface area (Å²) in [4.78, 5) is 15.7. The van der Waals surface area contributed by atoms with Crippen molar-refractivity contribution >= 4 is 5.91 Å². The smallest absolute Gasteiger partial charge is 0.219 e. The largest absolute Gasteiger partial charge is 0.340 e. The number of carbonyl (C=O) groups is 1. The number of piperidine rings is 1. The highest BCUT2D eigenvalue weighted by molar-refractivity contribution is 5.73. The molecule has 0 radical (unpaired) electrons. The highest BCUT2D eigenvalue weighted by Crippen LogP contribution is 2.13. The van der Waals surface area contributed by atoms with Gasteiger partial charge < -0.3 is 10.2 Å². The molecule has 2 saturated heterocycles. The maximum absolute atomic E-state index is 11.2. The van der Waals surface area contributed by atoms with E-state index >= 15 is 0 Å².